The maximum atomic E-state index is 12.8. The van der Waals surface area contributed by atoms with Crippen molar-refractivity contribution < 1.29 is 8.42 Å². The molecule has 1 aromatic carbocycles. The first-order valence-corrected chi connectivity index (χ1v) is 11.2. The first-order valence-electron chi connectivity index (χ1n) is 7.37. The highest BCUT2D eigenvalue weighted by molar-refractivity contribution is 9.11. The van der Waals surface area contributed by atoms with Crippen LogP contribution in [0.3, 0.4) is 0 Å². The number of benzene rings is 1. The molecule has 1 N–H and O–H groups in total. The maximum absolute atomic E-state index is 12.8. The van der Waals surface area contributed by atoms with Gasteiger partial charge < -0.3 is 0 Å². The molecule has 6 nitrogen and oxygen atoms in total. The van der Waals surface area contributed by atoms with Gasteiger partial charge in [0.15, 0.2) is 5.65 Å². The SMILES string of the molecule is O=S(=O)(Nc1ccc2nnc(C3CC3)n2c1)c1c(Br)cc(Br)cc1Br. The minimum absolute atomic E-state index is 0.141. The van der Waals surface area contributed by atoms with Crippen molar-refractivity contribution in [2.24, 2.45) is 0 Å². The molecule has 0 atom stereocenters. The highest BCUT2D eigenvalue weighted by Crippen LogP contribution is 2.39. The first kappa shape index (κ1) is 17.4. The van der Waals surface area contributed by atoms with Crippen molar-refractivity contribution >= 4 is 69.1 Å². The Balaban J connectivity index is 1.74. The number of sulfonamides is 1. The number of halogens is 3. The van der Waals surface area contributed by atoms with Gasteiger partial charge in [0.2, 0.25) is 0 Å². The minimum atomic E-state index is -3.78. The molecule has 1 aliphatic carbocycles. The van der Waals surface area contributed by atoms with E-state index in [4.69, 9.17) is 0 Å². The fraction of sp³-hybridized carbons (Fsp3) is 0.200. The van der Waals surface area contributed by atoms with E-state index in [-0.39, 0.29) is 4.90 Å². The Labute approximate surface area is 169 Å². The number of hydrogen-bond donors (Lipinski definition) is 1. The number of fused-ring (bicyclic) bond motifs is 1. The Morgan fingerprint density at radius 3 is 2.40 bits per heavy atom. The predicted octanol–water partition coefficient (Wildman–Crippen LogP) is 4.70. The Morgan fingerprint density at radius 1 is 1.08 bits per heavy atom. The molecular formula is C15H11Br3N4O2S. The van der Waals surface area contributed by atoms with Crippen molar-refractivity contribution in [2.75, 3.05) is 4.72 Å². The largest absolute Gasteiger partial charge is 0.284 e. The van der Waals surface area contributed by atoms with Gasteiger partial charge in [-0.3, -0.25) is 9.12 Å². The molecule has 1 saturated carbocycles. The Bertz CT molecular complexity index is 1070. The summed E-state index contributed by atoms with van der Waals surface area (Å²) >= 11 is 9.97. The van der Waals surface area contributed by atoms with Gasteiger partial charge >= 0.3 is 0 Å². The molecular weight excluding hydrogens is 540 g/mol. The summed E-state index contributed by atoms with van der Waals surface area (Å²) < 4.78 is 31.8. The van der Waals surface area contributed by atoms with Crippen LogP contribution in [0.2, 0.25) is 0 Å². The quantitative estimate of drug-likeness (QED) is 0.511. The second-order valence-electron chi connectivity index (χ2n) is 5.78. The Kier molecular flexibility index (Phi) is 4.41. The molecule has 0 bridgehead atoms. The average molecular weight is 551 g/mol. The molecule has 1 fully saturated rings. The third kappa shape index (κ3) is 3.36. The van der Waals surface area contributed by atoms with E-state index in [2.05, 4.69) is 62.7 Å². The van der Waals surface area contributed by atoms with Crippen LogP contribution in [0.5, 0.6) is 0 Å². The lowest BCUT2D eigenvalue weighted by molar-refractivity contribution is 0.600. The van der Waals surface area contributed by atoms with Gasteiger partial charge in [-0.2, -0.15) is 0 Å². The van der Waals surface area contributed by atoms with Crippen LogP contribution in [0, 0.1) is 0 Å². The minimum Gasteiger partial charge on any atom is -0.284 e. The zero-order valence-corrected chi connectivity index (χ0v) is 18.2. The number of hydrogen-bond acceptors (Lipinski definition) is 4. The van der Waals surface area contributed by atoms with E-state index in [1.165, 1.54) is 0 Å². The van der Waals surface area contributed by atoms with Crippen LogP contribution in [0.1, 0.15) is 24.6 Å². The third-order valence-corrected chi connectivity index (χ3v) is 7.57. The molecule has 0 amide bonds. The van der Waals surface area contributed by atoms with Gasteiger partial charge in [-0.15, -0.1) is 10.2 Å². The second-order valence-corrected chi connectivity index (χ2v) is 10.0. The molecule has 130 valence electrons. The van der Waals surface area contributed by atoms with Crippen molar-refractivity contribution in [3.8, 4) is 0 Å². The fourth-order valence-electron chi connectivity index (χ4n) is 2.58. The summed E-state index contributed by atoms with van der Waals surface area (Å²) in [4.78, 5) is 0.141. The Hall–Kier alpha value is -0.970. The zero-order valence-electron chi connectivity index (χ0n) is 12.6. The summed E-state index contributed by atoms with van der Waals surface area (Å²) in [6.07, 6.45) is 3.91. The van der Waals surface area contributed by atoms with Crippen LogP contribution in [-0.2, 0) is 10.0 Å². The molecule has 3 aromatic rings. The van der Waals surface area contributed by atoms with Crippen LogP contribution >= 0.6 is 47.8 Å². The van der Waals surface area contributed by atoms with Gasteiger partial charge in [0.1, 0.15) is 10.7 Å². The highest BCUT2D eigenvalue weighted by atomic mass is 79.9. The number of rotatable bonds is 4. The van der Waals surface area contributed by atoms with Gasteiger partial charge in [-0.1, -0.05) is 15.9 Å². The van der Waals surface area contributed by atoms with Gasteiger partial charge in [0.25, 0.3) is 10.0 Å². The molecule has 2 heterocycles. The number of nitrogens with zero attached hydrogens (tertiary/aromatic N) is 3. The van der Waals surface area contributed by atoms with Crippen LogP contribution < -0.4 is 4.72 Å². The lowest BCUT2D eigenvalue weighted by Gasteiger charge is -2.12. The smallest absolute Gasteiger partial charge is 0.264 e. The van der Waals surface area contributed by atoms with Gasteiger partial charge in [-0.05, 0) is 69.0 Å². The van der Waals surface area contributed by atoms with E-state index in [0.29, 0.717) is 26.2 Å². The third-order valence-electron chi connectivity index (χ3n) is 3.86. The number of nitrogens with one attached hydrogen (secondary N) is 1. The molecule has 2 aromatic heterocycles. The zero-order chi connectivity index (χ0) is 17.8. The normalized spacial score (nSPS) is 14.8. The molecule has 10 heteroatoms. The Morgan fingerprint density at radius 2 is 1.76 bits per heavy atom. The van der Waals surface area contributed by atoms with E-state index < -0.39 is 10.0 Å². The average Bonchev–Trinajstić information content (AvgIpc) is 3.25. The van der Waals surface area contributed by atoms with E-state index in [1.807, 2.05) is 4.40 Å². The van der Waals surface area contributed by atoms with Crippen molar-refractivity contribution in [3.05, 3.63) is 49.7 Å². The summed E-state index contributed by atoms with van der Waals surface area (Å²) in [6.45, 7) is 0. The van der Waals surface area contributed by atoms with Crippen molar-refractivity contribution in [3.63, 3.8) is 0 Å². The lowest BCUT2D eigenvalue weighted by Crippen LogP contribution is -2.15. The summed E-state index contributed by atoms with van der Waals surface area (Å²) in [7, 11) is -3.78. The van der Waals surface area contributed by atoms with Crippen molar-refractivity contribution in [1.29, 1.82) is 0 Å². The summed E-state index contributed by atoms with van der Waals surface area (Å²) in [5.74, 6) is 1.29. The molecule has 1 aliphatic rings. The van der Waals surface area contributed by atoms with Crippen LogP contribution in [-0.4, -0.2) is 23.0 Å². The summed E-state index contributed by atoms with van der Waals surface area (Å²) in [5, 5.41) is 8.34. The van der Waals surface area contributed by atoms with Crippen molar-refractivity contribution in [1.82, 2.24) is 14.6 Å². The molecule has 25 heavy (non-hydrogen) atoms. The molecule has 4 rings (SSSR count). The summed E-state index contributed by atoms with van der Waals surface area (Å²) in [6, 6.07) is 6.81. The van der Waals surface area contributed by atoms with Crippen LogP contribution in [0.25, 0.3) is 5.65 Å². The first-order chi connectivity index (χ1) is 11.8. The van der Waals surface area contributed by atoms with E-state index >= 15 is 0 Å². The lowest BCUT2D eigenvalue weighted by atomic mass is 10.3. The van der Waals surface area contributed by atoms with E-state index in [1.54, 1.807) is 30.5 Å². The summed E-state index contributed by atoms with van der Waals surface area (Å²) in [5.41, 5.74) is 1.16. The maximum Gasteiger partial charge on any atom is 0.264 e. The standard InChI is InChI=1S/C15H11Br3N4O2S/c16-9-5-11(17)14(12(18)6-9)25(23,24)21-10-3-4-13-19-20-15(8-1-2-8)22(13)7-10/h3-8,21H,1-2H2. The molecule has 0 aliphatic heterocycles. The number of anilines is 1. The number of aromatic nitrogens is 3. The molecule has 0 spiro atoms. The molecule has 0 saturated heterocycles. The van der Waals surface area contributed by atoms with Crippen molar-refractivity contribution in [2.45, 2.75) is 23.7 Å². The van der Waals surface area contributed by atoms with Crippen LogP contribution in [0.15, 0.2) is 48.8 Å². The second kappa shape index (κ2) is 6.33. The topological polar surface area (TPSA) is 76.4 Å². The van der Waals surface area contributed by atoms with E-state index in [0.717, 1.165) is 23.1 Å². The van der Waals surface area contributed by atoms with Crippen LogP contribution in [0.4, 0.5) is 5.69 Å². The van der Waals surface area contributed by atoms with E-state index in [9.17, 15) is 8.42 Å². The highest BCUT2D eigenvalue weighted by Gasteiger charge is 2.29. The van der Waals surface area contributed by atoms with Gasteiger partial charge in [0, 0.05) is 25.5 Å². The monoisotopic (exact) mass is 548 g/mol. The predicted molar refractivity (Wildman–Crippen MR) is 105 cm³/mol. The fourth-order valence-corrected chi connectivity index (χ4v) is 7.28. The van der Waals surface area contributed by atoms with Gasteiger partial charge in [0.05, 0.1) is 5.69 Å². The van der Waals surface area contributed by atoms with Gasteiger partial charge in [-0.25, -0.2) is 8.42 Å². The number of pyridine rings is 1. The molecule has 0 radical (unpaired) electrons. The molecule has 0 unspecified atom stereocenters.